The van der Waals surface area contributed by atoms with E-state index in [0.29, 0.717) is 16.8 Å². The first-order chi connectivity index (χ1) is 18.1. The van der Waals surface area contributed by atoms with Gasteiger partial charge in [-0.2, -0.15) is 8.68 Å². The number of sulfonamides is 1. The molecule has 0 saturated carbocycles. The van der Waals surface area contributed by atoms with E-state index < -0.39 is 10.0 Å². The summed E-state index contributed by atoms with van der Waals surface area (Å²) in [5, 5.41) is 1.95. The molecule has 2 aromatic carbocycles. The average Bonchev–Trinajstić information content (AvgIpc) is 3.21. The van der Waals surface area contributed by atoms with Crippen LogP contribution in [-0.4, -0.2) is 72.3 Å². The van der Waals surface area contributed by atoms with Crippen molar-refractivity contribution in [1.29, 1.82) is 0 Å². The van der Waals surface area contributed by atoms with Crippen LogP contribution >= 0.6 is 11.5 Å². The fraction of sp³-hybridized carbons (Fsp3) is 0.429. The van der Waals surface area contributed by atoms with Crippen molar-refractivity contribution in [2.24, 2.45) is 0 Å². The number of hydrogen-bond donors (Lipinski definition) is 0. The maximum atomic E-state index is 14.0. The molecule has 0 amide bonds. The van der Waals surface area contributed by atoms with Crippen LogP contribution in [0.2, 0.25) is 0 Å². The molecule has 7 nitrogen and oxygen atoms in total. The van der Waals surface area contributed by atoms with Crippen LogP contribution in [-0.2, 0) is 10.0 Å². The Hall–Kier alpha value is -2.59. The number of hydrogen-bond acceptors (Lipinski definition) is 7. The molecule has 4 aromatic rings. The molecule has 2 fully saturated rings. The summed E-state index contributed by atoms with van der Waals surface area (Å²) in [6.45, 7) is 5.35. The third-order valence-electron chi connectivity index (χ3n) is 7.82. The Kier molecular flexibility index (Phi) is 7.12. The fourth-order valence-corrected chi connectivity index (χ4v) is 8.52. The summed E-state index contributed by atoms with van der Waals surface area (Å²) in [5.41, 5.74) is 0.723. The predicted octanol–water partition coefficient (Wildman–Crippen LogP) is 4.99. The average molecular weight is 536 g/mol. The molecule has 2 saturated heterocycles. The van der Waals surface area contributed by atoms with Gasteiger partial charge in [0.1, 0.15) is 5.82 Å². The fourth-order valence-electron chi connectivity index (χ4n) is 5.80. The van der Waals surface area contributed by atoms with Crippen LogP contribution in [0.3, 0.4) is 0 Å². The molecule has 0 aliphatic carbocycles. The SMILES string of the molecule is O=S(=O)(c1cccc2ncccc12)N1CCCCC[C@H]1CCN1CCN(c2nsc3ccccc23)CC1. The van der Waals surface area contributed by atoms with Crippen LogP contribution in [0.5, 0.6) is 0 Å². The van der Waals surface area contributed by atoms with Crippen LogP contribution < -0.4 is 4.90 Å². The highest BCUT2D eigenvalue weighted by Gasteiger charge is 2.34. The lowest BCUT2D eigenvalue weighted by Gasteiger charge is -2.36. The standard InChI is InChI=1S/C28H33N5O2S2/c34-37(35,27-13-6-11-25-23(27)10-7-15-29-25)33-16-5-1-2-8-22(33)14-17-31-18-20-32(21-19-31)28-24-9-3-4-12-26(24)36-30-28/h3-4,6-7,9-13,15,22H,1-2,5,8,14,16-21H2/t22-/m0/s1. The summed E-state index contributed by atoms with van der Waals surface area (Å²) in [7, 11) is -3.61. The van der Waals surface area contributed by atoms with Crippen molar-refractivity contribution in [1.82, 2.24) is 18.6 Å². The van der Waals surface area contributed by atoms with E-state index in [1.54, 1.807) is 34.2 Å². The smallest absolute Gasteiger partial charge is 0.243 e. The third-order valence-corrected chi connectivity index (χ3v) is 10.7. The summed E-state index contributed by atoms with van der Waals surface area (Å²) in [6.07, 6.45) is 6.58. The monoisotopic (exact) mass is 535 g/mol. The molecule has 2 aromatic heterocycles. The number of piperazine rings is 1. The van der Waals surface area contributed by atoms with E-state index in [0.717, 1.165) is 76.2 Å². The van der Waals surface area contributed by atoms with Gasteiger partial charge in [-0.15, -0.1) is 0 Å². The molecule has 6 rings (SSSR count). The summed E-state index contributed by atoms with van der Waals surface area (Å²) in [5.74, 6) is 1.10. The predicted molar refractivity (Wildman–Crippen MR) is 151 cm³/mol. The Bertz CT molecular complexity index is 1480. The van der Waals surface area contributed by atoms with Crippen molar-refractivity contribution < 1.29 is 8.42 Å². The maximum Gasteiger partial charge on any atom is 0.243 e. The van der Waals surface area contributed by atoms with Gasteiger partial charge in [-0.1, -0.05) is 31.0 Å². The van der Waals surface area contributed by atoms with E-state index in [1.807, 2.05) is 18.2 Å². The molecule has 9 heteroatoms. The number of anilines is 1. The number of rotatable bonds is 6. The second-order valence-electron chi connectivity index (χ2n) is 10.1. The number of benzene rings is 2. The lowest BCUT2D eigenvalue weighted by Crippen LogP contribution is -2.48. The molecule has 0 bridgehead atoms. The van der Waals surface area contributed by atoms with Gasteiger partial charge in [0.2, 0.25) is 10.0 Å². The molecule has 0 spiro atoms. The molecular weight excluding hydrogens is 502 g/mol. The highest BCUT2D eigenvalue weighted by atomic mass is 32.2. The second-order valence-corrected chi connectivity index (χ2v) is 12.7. The normalized spacial score (nSPS) is 20.4. The lowest BCUT2D eigenvalue weighted by atomic mass is 10.1. The summed E-state index contributed by atoms with van der Waals surface area (Å²) >= 11 is 1.57. The number of fused-ring (bicyclic) bond motifs is 2. The Morgan fingerprint density at radius 1 is 0.865 bits per heavy atom. The molecule has 0 unspecified atom stereocenters. The van der Waals surface area contributed by atoms with E-state index in [2.05, 4.69) is 39.0 Å². The third kappa shape index (κ3) is 4.97. The molecular formula is C28H33N5O2S2. The van der Waals surface area contributed by atoms with E-state index in [-0.39, 0.29) is 6.04 Å². The minimum absolute atomic E-state index is 0.0277. The minimum atomic E-state index is -3.61. The Morgan fingerprint density at radius 3 is 2.59 bits per heavy atom. The van der Waals surface area contributed by atoms with Crippen LogP contribution in [0.25, 0.3) is 21.0 Å². The second kappa shape index (κ2) is 10.6. The zero-order chi connectivity index (χ0) is 25.2. The van der Waals surface area contributed by atoms with Crippen LogP contribution in [0.4, 0.5) is 5.82 Å². The van der Waals surface area contributed by atoms with Gasteiger partial charge >= 0.3 is 0 Å². The summed E-state index contributed by atoms with van der Waals surface area (Å²) < 4.78 is 35.7. The van der Waals surface area contributed by atoms with Gasteiger partial charge in [-0.3, -0.25) is 9.88 Å². The van der Waals surface area contributed by atoms with E-state index in [4.69, 9.17) is 4.37 Å². The van der Waals surface area contributed by atoms with Gasteiger partial charge in [0.15, 0.2) is 0 Å². The highest BCUT2D eigenvalue weighted by Crippen LogP contribution is 2.32. The van der Waals surface area contributed by atoms with Gasteiger partial charge in [0.05, 0.1) is 15.1 Å². The van der Waals surface area contributed by atoms with Crippen molar-refractivity contribution >= 4 is 48.4 Å². The first-order valence-corrected chi connectivity index (χ1v) is 15.5. The molecule has 2 aliphatic rings. The zero-order valence-corrected chi connectivity index (χ0v) is 22.6. The minimum Gasteiger partial charge on any atom is -0.353 e. The van der Waals surface area contributed by atoms with E-state index in [1.165, 1.54) is 10.1 Å². The maximum absolute atomic E-state index is 14.0. The lowest BCUT2D eigenvalue weighted by molar-refractivity contribution is 0.218. The Balaban J connectivity index is 1.14. The van der Waals surface area contributed by atoms with Crippen molar-refractivity contribution in [3.8, 4) is 0 Å². The molecule has 4 heterocycles. The van der Waals surface area contributed by atoms with Crippen LogP contribution in [0, 0.1) is 0 Å². The van der Waals surface area contributed by atoms with Crippen LogP contribution in [0.15, 0.2) is 65.7 Å². The molecule has 194 valence electrons. The summed E-state index contributed by atoms with van der Waals surface area (Å²) in [6, 6.07) is 17.6. The largest absolute Gasteiger partial charge is 0.353 e. The summed E-state index contributed by atoms with van der Waals surface area (Å²) in [4.78, 5) is 9.65. The van der Waals surface area contributed by atoms with Gasteiger partial charge in [-0.25, -0.2) is 8.42 Å². The first-order valence-electron chi connectivity index (χ1n) is 13.3. The van der Waals surface area contributed by atoms with Crippen molar-refractivity contribution in [2.75, 3.05) is 44.2 Å². The van der Waals surface area contributed by atoms with Gasteiger partial charge in [0, 0.05) is 55.7 Å². The Morgan fingerprint density at radius 2 is 1.70 bits per heavy atom. The van der Waals surface area contributed by atoms with Crippen molar-refractivity contribution in [3.63, 3.8) is 0 Å². The van der Waals surface area contributed by atoms with Gasteiger partial charge < -0.3 is 4.90 Å². The molecule has 37 heavy (non-hydrogen) atoms. The quantitative estimate of drug-likeness (QED) is 0.347. The first kappa shape index (κ1) is 24.7. The van der Waals surface area contributed by atoms with Gasteiger partial charge in [-0.05, 0) is 73.7 Å². The highest BCUT2D eigenvalue weighted by molar-refractivity contribution is 7.89. The van der Waals surface area contributed by atoms with Gasteiger partial charge in [0.25, 0.3) is 0 Å². The topological polar surface area (TPSA) is 69.6 Å². The van der Waals surface area contributed by atoms with Crippen molar-refractivity contribution in [2.45, 2.75) is 43.0 Å². The molecule has 0 N–H and O–H groups in total. The Labute approximate surface area is 222 Å². The van der Waals surface area contributed by atoms with E-state index >= 15 is 0 Å². The van der Waals surface area contributed by atoms with E-state index in [9.17, 15) is 8.42 Å². The molecule has 2 aliphatic heterocycles. The molecule has 0 radical (unpaired) electrons. The van der Waals surface area contributed by atoms with Crippen molar-refractivity contribution in [3.05, 3.63) is 60.8 Å². The number of nitrogens with zero attached hydrogens (tertiary/aromatic N) is 5. The van der Waals surface area contributed by atoms with Crippen LogP contribution in [0.1, 0.15) is 32.1 Å². The zero-order valence-electron chi connectivity index (χ0n) is 21.0. The number of aromatic nitrogens is 2. The number of pyridine rings is 1. The molecule has 1 atom stereocenters.